The molecule has 26 heavy (non-hydrogen) atoms. The largest absolute Gasteiger partial charge is 0.441 e. The number of anilines is 1. The Morgan fingerprint density at radius 2 is 1.92 bits per heavy atom. The second kappa shape index (κ2) is 7.70. The summed E-state index contributed by atoms with van der Waals surface area (Å²) in [6, 6.07) is 13.6. The smallest absolute Gasteiger partial charge is 0.412 e. The van der Waals surface area contributed by atoms with E-state index in [0.29, 0.717) is 22.7 Å². The fourth-order valence-corrected chi connectivity index (χ4v) is 2.75. The molecule has 2 aromatic carbocycles. The predicted octanol–water partition coefficient (Wildman–Crippen LogP) is 5.86. The molecule has 1 heterocycles. The molecule has 1 aromatic heterocycles. The molecule has 3 aromatic rings. The van der Waals surface area contributed by atoms with Crippen molar-refractivity contribution in [2.24, 2.45) is 0 Å². The molecule has 0 spiro atoms. The molecular weight excluding hydrogens is 403 g/mol. The summed E-state index contributed by atoms with van der Waals surface area (Å²) in [6.07, 6.45) is -1.46. The van der Waals surface area contributed by atoms with Crippen molar-refractivity contribution >= 4 is 27.7 Å². The molecule has 0 bridgehead atoms. The highest BCUT2D eigenvalue weighted by Crippen LogP contribution is 2.31. The molecule has 1 unspecified atom stereocenters. The van der Waals surface area contributed by atoms with Gasteiger partial charge in [-0.25, -0.2) is 9.18 Å². The molecule has 0 fully saturated rings. The molecule has 1 N–H and O–H groups in total. The Balaban J connectivity index is 1.77. The van der Waals surface area contributed by atoms with Gasteiger partial charge in [0.05, 0.1) is 0 Å². The summed E-state index contributed by atoms with van der Waals surface area (Å²) in [5.74, 6) is 0.0166. The lowest BCUT2D eigenvalue weighted by atomic mass is 10.1. The number of ether oxygens (including phenoxy) is 1. The first-order valence-corrected chi connectivity index (χ1v) is 8.69. The summed E-state index contributed by atoms with van der Waals surface area (Å²) in [4.78, 5) is 12.3. The maximum Gasteiger partial charge on any atom is 0.412 e. The Morgan fingerprint density at radius 3 is 2.62 bits per heavy atom. The normalized spacial score (nSPS) is 11.8. The summed E-state index contributed by atoms with van der Waals surface area (Å²) in [7, 11) is 0. The van der Waals surface area contributed by atoms with Crippen LogP contribution in [-0.2, 0) is 4.74 Å². The molecule has 7 heteroatoms. The molecule has 0 saturated heterocycles. The molecule has 1 atom stereocenters. The first-order valence-electron chi connectivity index (χ1n) is 7.90. The summed E-state index contributed by atoms with van der Waals surface area (Å²) in [5, 5.41) is 6.64. The Labute approximate surface area is 158 Å². The Morgan fingerprint density at radius 1 is 1.23 bits per heavy atom. The van der Waals surface area contributed by atoms with Crippen LogP contribution >= 0.6 is 15.9 Å². The quantitative estimate of drug-likeness (QED) is 0.575. The van der Waals surface area contributed by atoms with Crippen LogP contribution < -0.4 is 5.32 Å². The number of benzene rings is 2. The van der Waals surface area contributed by atoms with Crippen molar-refractivity contribution in [3.8, 4) is 11.3 Å². The third-order valence-electron chi connectivity index (χ3n) is 3.83. The molecular formula is C19H16BrFN2O3. The zero-order valence-electron chi connectivity index (χ0n) is 14.1. The average Bonchev–Trinajstić information content (AvgIpc) is 2.96. The number of nitrogens with zero attached hydrogens (tertiary/aromatic N) is 1. The summed E-state index contributed by atoms with van der Waals surface area (Å²) in [5.41, 5.74) is 1.99. The minimum absolute atomic E-state index is 0.304. The minimum atomic E-state index is -0.743. The van der Waals surface area contributed by atoms with Gasteiger partial charge in [0, 0.05) is 15.6 Å². The van der Waals surface area contributed by atoms with Crippen molar-refractivity contribution in [1.82, 2.24) is 5.16 Å². The van der Waals surface area contributed by atoms with E-state index in [2.05, 4.69) is 26.4 Å². The summed E-state index contributed by atoms with van der Waals surface area (Å²) >= 11 is 3.37. The zero-order valence-corrected chi connectivity index (χ0v) is 15.7. The number of amides is 1. The first-order chi connectivity index (χ1) is 12.5. The van der Waals surface area contributed by atoms with Gasteiger partial charge in [-0.15, -0.1) is 0 Å². The summed E-state index contributed by atoms with van der Waals surface area (Å²) < 4.78 is 25.2. The van der Waals surface area contributed by atoms with Crippen LogP contribution in [0.3, 0.4) is 0 Å². The van der Waals surface area contributed by atoms with Gasteiger partial charge in [0.15, 0.2) is 5.76 Å². The van der Waals surface area contributed by atoms with Gasteiger partial charge in [0.1, 0.15) is 23.3 Å². The number of hydrogen-bond acceptors (Lipinski definition) is 4. The highest BCUT2D eigenvalue weighted by Gasteiger charge is 2.20. The fourth-order valence-electron chi connectivity index (χ4n) is 2.48. The number of aryl methyl sites for hydroxylation is 1. The van der Waals surface area contributed by atoms with Gasteiger partial charge in [0.25, 0.3) is 0 Å². The lowest BCUT2D eigenvalue weighted by Crippen LogP contribution is -2.17. The second-order valence-corrected chi connectivity index (χ2v) is 6.58. The maximum atomic E-state index is 13.8. The van der Waals surface area contributed by atoms with E-state index in [1.807, 2.05) is 24.3 Å². The van der Waals surface area contributed by atoms with Crippen LogP contribution in [0.4, 0.5) is 14.9 Å². The third-order valence-corrected chi connectivity index (χ3v) is 4.36. The molecule has 0 aliphatic carbocycles. The van der Waals surface area contributed by atoms with Gasteiger partial charge in [-0.3, -0.25) is 5.32 Å². The lowest BCUT2D eigenvalue weighted by Gasteiger charge is -2.15. The van der Waals surface area contributed by atoms with Gasteiger partial charge < -0.3 is 9.26 Å². The number of carbonyl (C=O) groups excluding carboxylic acids is 1. The van der Waals surface area contributed by atoms with E-state index in [0.717, 1.165) is 10.0 Å². The van der Waals surface area contributed by atoms with E-state index in [1.54, 1.807) is 32.0 Å². The molecule has 134 valence electrons. The van der Waals surface area contributed by atoms with E-state index in [4.69, 9.17) is 9.26 Å². The standard InChI is InChI=1S/C19H16BrFN2O3/c1-11(15-5-3-4-6-16(15)21)25-19(24)22-17-12(2)26-23-18(17)13-7-9-14(20)10-8-13/h3-11H,1-2H3,(H,22,24). The van der Waals surface area contributed by atoms with E-state index in [1.165, 1.54) is 6.07 Å². The van der Waals surface area contributed by atoms with E-state index in [-0.39, 0.29) is 0 Å². The molecule has 0 aliphatic rings. The van der Waals surface area contributed by atoms with Crippen LogP contribution in [0.5, 0.6) is 0 Å². The van der Waals surface area contributed by atoms with Gasteiger partial charge in [-0.2, -0.15) is 0 Å². The molecule has 1 amide bonds. The number of rotatable bonds is 4. The monoisotopic (exact) mass is 418 g/mol. The number of aromatic nitrogens is 1. The predicted molar refractivity (Wildman–Crippen MR) is 99.3 cm³/mol. The number of halogens is 2. The van der Waals surface area contributed by atoms with Crippen molar-refractivity contribution in [1.29, 1.82) is 0 Å². The minimum Gasteiger partial charge on any atom is -0.441 e. The topological polar surface area (TPSA) is 64.4 Å². The Bertz CT molecular complexity index is 925. The van der Waals surface area contributed by atoms with Crippen molar-refractivity contribution in [2.75, 3.05) is 5.32 Å². The molecule has 0 saturated carbocycles. The van der Waals surface area contributed by atoms with Gasteiger partial charge >= 0.3 is 6.09 Å². The SMILES string of the molecule is Cc1onc(-c2ccc(Br)cc2)c1NC(=O)OC(C)c1ccccc1F. The van der Waals surface area contributed by atoms with Crippen molar-refractivity contribution in [2.45, 2.75) is 20.0 Å². The van der Waals surface area contributed by atoms with E-state index in [9.17, 15) is 9.18 Å². The number of carbonyl (C=O) groups is 1. The van der Waals surface area contributed by atoms with Crippen LogP contribution in [0, 0.1) is 12.7 Å². The van der Waals surface area contributed by atoms with Crippen molar-refractivity contribution in [3.63, 3.8) is 0 Å². The van der Waals surface area contributed by atoms with Gasteiger partial charge in [-0.05, 0) is 32.0 Å². The van der Waals surface area contributed by atoms with Crippen LogP contribution in [0.2, 0.25) is 0 Å². The van der Waals surface area contributed by atoms with E-state index >= 15 is 0 Å². The van der Waals surface area contributed by atoms with E-state index < -0.39 is 18.0 Å². The molecule has 3 rings (SSSR count). The maximum absolute atomic E-state index is 13.8. The average molecular weight is 419 g/mol. The van der Waals surface area contributed by atoms with Gasteiger partial charge in [-0.1, -0.05) is 51.4 Å². The summed E-state index contributed by atoms with van der Waals surface area (Å²) in [6.45, 7) is 3.29. The number of nitrogens with one attached hydrogen (secondary N) is 1. The van der Waals surface area contributed by atoms with Crippen molar-refractivity contribution < 1.29 is 18.4 Å². The highest BCUT2D eigenvalue weighted by molar-refractivity contribution is 9.10. The van der Waals surface area contributed by atoms with Crippen LogP contribution in [0.25, 0.3) is 11.3 Å². The van der Waals surface area contributed by atoms with Crippen LogP contribution in [0.1, 0.15) is 24.4 Å². The van der Waals surface area contributed by atoms with Crippen molar-refractivity contribution in [3.05, 3.63) is 70.1 Å². The second-order valence-electron chi connectivity index (χ2n) is 5.66. The highest BCUT2D eigenvalue weighted by atomic mass is 79.9. The first kappa shape index (κ1) is 18.1. The fraction of sp³-hybridized carbons (Fsp3) is 0.158. The zero-order chi connectivity index (χ0) is 18.7. The van der Waals surface area contributed by atoms with Crippen LogP contribution in [0.15, 0.2) is 57.5 Å². The Kier molecular flexibility index (Phi) is 5.37. The lowest BCUT2D eigenvalue weighted by molar-refractivity contribution is 0.119. The molecule has 0 aliphatic heterocycles. The van der Waals surface area contributed by atoms with Gasteiger partial charge in [0.2, 0.25) is 0 Å². The third kappa shape index (κ3) is 3.94. The van der Waals surface area contributed by atoms with Crippen LogP contribution in [-0.4, -0.2) is 11.2 Å². The number of hydrogen-bond donors (Lipinski definition) is 1. The molecule has 5 nitrogen and oxygen atoms in total. The molecule has 0 radical (unpaired) electrons. The Hall–Kier alpha value is -2.67.